The Labute approximate surface area is 177 Å². The molecule has 0 spiro atoms. The fourth-order valence-corrected chi connectivity index (χ4v) is 3.05. The molecule has 0 saturated carbocycles. The van der Waals surface area contributed by atoms with Crippen molar-refractivity contribution in [2.45, 2.75) is 25.9 Å². The van der Waals surface area contributed by atoms with Crippen molar-refractivity contribution in [2.75, 3.05) is 33.6 Å². The van der Waals surface area contributed by atoms with Gasteiger partial charge in [-0.05, 0) is 42.3 Å². The van der Waals surface area contributed by atoms with Crippen molar-refractivity contribution < 1.29 is 23.3 Å². The summed E-state index contributed by atoms with van der Waals surface area (Å²) in [6.45, 7) is 2.91. The lowest BCUT2D eigenvalue weighted by molar-refractivity contribution is -0.180. The number of carbonyl (C=O) groups is 1. The lowest BCUT2D eigenvalue weighted by Crippen LogP contribution is -2.38. The average Bonchev–Trinajstić information content (AvgIpc) is 2.75. The smallest absolute Gasteiger partial charge is 0.275 e. The molecular formula is C22H29NO5S. The molecule has 0 aromatic heterocycles. The van der Waals surface area contributed by atoms with E-state index in [0.29, 0.717) is 19.6 Å². The number of hydrogen-bond donors (Lipinski definition) is 0. The van der Waals surface area contributed by atoms with Gasteiger partial charge < -0.3 is 13.7 Å². The Balaban J connectivity index is 1.84. The van der Waals surface area contributed by atoms with Crippen molar-refractivity contribution in [2.24, 2.45) is 0 Å². The minimum Gasteiger partial charge on any atom is -0.493 e. The summed E-state index contributed by atoms with van der Waals surface area (Å²) < 4.78 is 16.8. The molecule has 0 saturated heterocycles. The van der Waals surface area contributed by atoms with Crippen LogP contribution in [-0.2, 0) is 27.2 Å². The fraction of sp³-hybridized carbons (Fsp3) is 0.409. The van der Waals surface area contributed by atoms with Crippen LogP contribution in [0.1, 0.15) is 18.1 Å². The van der Waals surface area contributed by atoms with Gasteiger partial charge in [-0.15, -0.1) is 0 Å². The van der Waals surface area contributed by atoms with Crippen LogP contribution in [-0.4, -0.2) is 50.7 Å². The summed E-state index contributed by atoms with van der Waals surface area (Å²) in [6.07, 6.45) is 2.60. The first-order valence-corrected chi connectivity index (χ1v) is 10.7. The first-order chi connectivity index (χ1) is 14.1. The maximum Gasteiger partial charge on any atom is 0.275 e. The molecule has 0 radical (unpaired) electrons. The summed E-state index contributed by atoms with van der Waals surface area (Å²) >= 11 is 1.33. The summed E-state index contributed by atoms with van der Waals surface area (Å²) in [6, 6.07) is 15.7. The summed E-state index contributed by atoms with van der Waals surface area (Å²) in [5, 5.41) is 1.19. The van der Waals surface area contributed by atoms with Gasteiger partial charge >= 0.3 is 0 Å². The number of benzene rings is 2. The molecule has 0 heterocycles. The lowest BCUT2D eigenvalue weighted by atomic mass is 10.1. The highest BCUT2D eigenvalue weighted by Crippen LogP contribution is 2.18. The molecule has 0 fully saturated rings. The molecule has 29 heavy (non-hydrogen) atoms. The van der Waals surface area contributed by atoms with Crippen molar-refractivity contribution in [3.63, 3.8) is 0 Å². The number of amides is 1. The number of ether oxygens (including phenoxy) is 2. The molecule has 6 nitrogen and oxygen atoms in total. The highest BCUT2D eigenvalue weighted by atomic mass is 32.2. The van der Waals surface area contributed by atoms with Crippen molar-refractivity contribution >= 4 is 17.9 Å². The predicted molar refractivity (Wildman–Crippen MR) is 115 cm³/mol. The average molecular weight is 420 g/mol. The Kier molecular flexibility index (Phi) is 9.83. The second-order valence-corrected chi connectivity index (χ2v) is 6.80. The fourth-order valence-electron chi connectivity index (χ4n) is 2.74. The maximum absolute atomic E-state index is 12.3. The van der Waals surface area contributed by atoms with E-state index in [1.54, 1.807) is 7.05 Å². The Morgan fingerprint density at radius 3 is 2.24 bits per heavy atom. The molecule has 2 aromatic carbocycles. The van der Waals surface area contributed by atoms with Crippen LogP contribution < -0.4 is 8.92 Å². The number of likely N-dealkylation sites (N-methyl/N-ethyl adjacent to an activating group) is 1. The standard InChI is InChI=1S/C22H29NO5S/c1-5-26-21(22(24)23(2)25-3)16-18-8-10-19(11-9-18)27-15-14-17-6-12-20(13-7-17)28-29-4/h6-13,21H,5,14-16H2,1-4H3. The van der Waals surface area contributed by atoms with Crippen molar-refractivity contribution in [1.82, 2.24) is 5.06 Å². The summed E-state index contributed by atoms with van der Waals surface area (Å²) in [5.41, 5.74) is 2.19. The Morgan fingerprint density at radius 1 is 1.03 bits per heavy atom. The Bertz CT molecular complexity index is 736. The minimum absolute atomic E-state index is 0.205. The Hall–Kier alpha value is -2.22. The third-order valence-corrected chi connectivity index (χ3v) is 4.69. The number of carbonyl (C=O) groups excluding carboxylic acids is 1. The van der Waals surface area contributed by atoms with Crippen LogP contribution in [0.4, 0.5) is 0 Å². The predicted octanol–water partition coefficient (Wildman–Crippen LogP) is 3.93. The first kappa shape index (κ1) is 23.1. The second-order valence-electron chi connectivity index (χ2n) is 6.30. The molecule has 7 heteroatoms. The first-order valence-electron chi connectivity index (χ1n) is 9.52. The van der Waals surface area contributed by atoms with Gasteiger partial charge in [0.2, 0.25) is 0 Å². The zero-order valence-electron chi connectivity index (χ0n) is 17.4. The van der Waals surface area contributed by atoms with Crippen LogP contribution >= 0.6 is 12.0 Å². The van der Waals surface area contributed by atoms with Crippen molar-refractivity contribution in [3.05, 3.63) is 59.7 Å². The maximum atomic E-state index is 12.3. The Morgan fingerprint density at radius 2 is 1.66 bits per heavy atom. The molecule has 158 valence electrons. The van der Waals surface area contributed by atoms with E-state index in [9.17, 15) is 4.79 Å². The van der Waals surface area contributed by atoms with Gasteiger partial charge in [-0.2, -0.15) is 0 Å². The van der Waals surface area contributed by atoms with E-state index in [1.165, 1.54) is 29.8 Å². The van der Waals surface area contributed by atoms with E-state index in [1.807, 2.05) is 61.7 Å². The molecule has 1 unspecified atom stereocenters. The minimum atomic E-state index is -0.574. The lowest BCUT2D eigenvalue weighted by Gasteiger charge is -2.21. The highest BCUT2D eigenvalue weighted by Gasteiger charge is 2.23. The third-order valence-electron chi connectivity index (χ3n) is 4.33. The number of hydrogen-bond acceptors (Lipinski definition) is 6. The quantitative estimate of drug-likeness (QED) is 0.384. The van der Waals surface area contributed by atoms with Crippen LogP contribution in [0.5, 0.6) is 11.5 Å². The zero-order chi connectivity index (χ0) is 21.1. The van der Waals surface area contributed by atoms with Gasteiger partial charge in [-0.25, -0.2) is 5.06 Å². The van der Waals surface area contributed by atoms with Gasteiger partial charge in [0.15, 0.2) is 0 Å². The van der Waals surface area contributed by atoms with Crippen molar-refractivity contribution in [1.29, 1.82) is 0 Å². The van der Waals surface area contributed by atoms with Crippen LogP contribution in [0.3, 0.4) is 0 Å². The monoisotopic (exact) mass is 419 g/mol. The van der Waals surface area contributed by atoms with Crippen LogP contribution in [0.2, 0.25) is 0 Å². The van der Waals surface area contributed by atoms with E-state index >= 15 is 0 Å². The van der Waals surface area contributed by atoms with Gasteiger partial charge in [0, 0.05) is 32.8 Å². The van der Waals surface area contributed by atoms with Gasteiger partial charge in [-0.3, -0.25) is 9.63 Å². The summed E-state index contributed by atoms with van der Waals surface area (Å²) in [5.74, 6) is 1.44. The molecule has 0 aliphatic heterocycles. The molecule has 0 aliphatic carbocycles. The van der Waals surface area contributed by atoms with Crippen molar-refractivity contribution in [3.8, 4) is 11.5 Å². The SMILES string of the molecule is CCOC(Cc1ccc(OCCc2ccc(OSC)cc2)cc1)C(=O)N(C)OC. The van der Waals surface area contributed by atoms with Crippen LogP contribution in [0, 0.1) is 0 Å². The van der Waals surface area contributed by atoms with E-state index in [0.717, 1.165) is 23.5 Å². The molecule has 2 rings (SSSR count). The molecule has 1 atom stereocenters. The summed E-state index contributed by atoms with van der Waals surface area (Å²) in [7, 11) is 3.04. The van der Waals surface area contributed by atoms with E-state index in [-0.39, 0.29) is 5.91 Å². The zero-order valence-corrected chi connectivity index (χ0v) is 18.2. The van der Waals surface area contributed by atoms with E-state index < -0.39 is 6.10 Å². The van der Waals surface area contributed by atoms with Crippen LogP contribution in [0.25, 0.3) is 0 Å². The third kappa shape index (κ3) is 7.61. The normalized spacial score (nSPS) is 11.7. The van der Waals surface area contributed by atoms with Crippen LogP contribution in [0.15, 0.2) is 48.5 Å². The second kappa shape index (κ2) is 12.4. The number of rotatable bonds is 12. The number of nitrogens with zero attached hydrogens (tertiary/aromatic N) is 1. The van der Waals surface area contributed by atoms with Gasteiger partial charge in [0.1, 0.15) is 17.6 Å². The van der Waals surface area contributed by atoms with Gasteiger partial charge in [0.05, 0.1) is 25.8 Å². The topological polar surface area (TPSA) is 57.2 Å². The molecule has 1 amide bonds. The summed E-state index contributed by atoms with van der Waals surface area (Å²) in [4.78, 5) is 17.3. The molecule has 2 aromatic rings. The molecule has 0 N–H and O–H groups in total. The largest absolute Gasteiger partial charge is 0.493 e. The number of hydroxylamine groups is 2. The molecular weight excluding hydrogens is 390 g/mol. The molecule has 0 bridgehead atoms. The van der Waals surface area contributed by atoms with E-state index in [4.69, 9.17) is 18.5 Å². The highest BCUT2D eigenvalue weighted by molar-refractivity contribution is 7.94. The van der Waals surface area contributed by atoms with Gasteiger partial charge in [-0.1, -0.05) is 24.3 Å². The van der Waals surface area contributed by atoms with Gasteiger partial charge in [0.25, 0.3) is 5.91 Å². The van der Waals surface area contributed by atoms with E-state index in [2.05, 4.69) is 0 Å². The molecule has 0 aliphatic rings.